The number of aromatic hydroxyl groups is 1. The molecule has 6 heteroatoms. The topological polar surface area (TPSA) is 70.4 Å². The van der Waals surface area contributed by atoms with Crippen molar-refractivity contribution in [3.05, 3.63) is 83.4 Å². The van der Waals surface area contributed by atoms with Gasteiger partial charge in [-0.15, -0.1) is 0 Å². The fourth-order valence-electron chi connectivity index (χ4n) is 2.89. The van der Waals surface area contributed by atoms with E-state index in [2.05, 4.69) is 27.0 Å². The lowest BCUT2D eigenvalue weighted by Gasteiger charge is -2.19. The van der Waals surface area contributed by atoms with Gasteiger partial charge in [-0.1, -0.05) is 42.5 Å². The highest BCUT2D eigenvalue weighted by atomic mass is 16.3. The number of phenols is 1. The Kier molecular flexibility index (Phi) is 5.76. The molecule has 2 amide bonds. The van der Waals surface area contributed by atoms with E-state index >= 15 is 0 Å². The number of urea groups is 1. The average molecular weight is 364 g/mol. The van der Waals surface area contributed by atoms with Crippen LogP contribution in [0.4, 0.5) is 4.79 Å². The third-order valence-corrected chi connectivity index (χ3v) is 4.46. The van der Waals surface area contributed by atoms with E-state index in [9.17, 15) is 9.90 Å². The van der Waals surface area contributed by atoms with E-state index in [1.165, 1.54) is 0 Å². The zero-order valence-corrected chi connectivity index (χ0v) is 15.6. The molecule has 3 aromatic rings. The molecule has 0 spiro atoms. The Balaban J connectivity index is 1.56. The van der Waals surface area contributed by atoms with Gasteiger partial charge < -0.3 is 19.9 Å². The number of carbonyl (C=O) groups is 1. The predicted molar refractivity (Wildman–Crippen MR) is 104 cm³/mol. The number of benzene rings is 2. The van der Waals surface area contributed by atoms with Gasteiger partial charge in [0.2, 0.25) is 0 Å². The van der Waals surface area contributed by atoms with Gasteiger partial charge in [-0.05, 0) is 24.1 Å². The molecule has 0 saturated heterocycles. The Morgan fingerprint density at radius 3 is 2.70 bits per heavy atom. The Hall–Kier alpha value is -3.28. The molecule has 0 bridgehead atoms. The molecule has 2 aromatic carbocycles. The number of rotatable bonds is 6. The first-order valence-electron chi connectivity index (χ1n) is 8.84. The third kappa shape index (κ3) is 4.88. The molecule has 0 radical (unpaired) electrons. The van der Waals surface area contributed by atoms with Gasteiger partial charge >= 0.3 is 6.03 Å². The van der Waals surface area contributed by atoms with Crippen molar-refractivity contribution in [2.75, 3.05) is 7.05 Å². The number of aromatic nitrogens is 2. The smallest absolute Gasteiger partial charge is 0.317 e. The number of hydrogen-bond donors (Lipinski definition) is 2. The number of carbonyl (C=O) groups excluding carboxylic acids is 1. The number of imidazole rings is 1. The molecule has 0 unspecified atom stereocenters. The normalized spacial score (nSPS) is 10.6. The highest BCUT2D eigenvalue weighted by Gasteiger charge is 2.11. The third-order valence-electron chi connectivity index (χ3n) is 4.46. The molecule has 1 aromatic heterocycles. The van der Waals surface area contributed by atoms with Crippen LogP contribution in [0.2, 0.25) is 0 Å². The Morgan fingerprint density at radius 1 is 1.19 bits per heavy atom. The zero-order valence-electron chi connectivity index (χ0n) is 15.6. The molecule has 0 atom stereocenters. The van der Waals surface area contributed by atoms with Crippen molar-refractivity contribution in [3.63, 3.8) is 0 Å². The summed E-state index contributed by atoms with van der Waals surface area (Å²) in [6.07, 6.45) is 3.75. The quantitative estimate of drug-likeness (QED) is 0.705. The summed E-state index contributed by atoms with van der Waals surface area (Å²) >= 11 is 0. The van der Waals surface area contributed by atoms with Crippen molar-refractivity contribution in [2.24, 2.45) is 0 Å². The standard InChI is InChI=1S/C21H24N4O2/c1-16-22-10-11-25(16)14-18-7-5-6-17(12-18)13-23-21(27)24(2)15-19-8-3-4-9-20(19)26/h3-12,26H,13-15H2,1-2H3,(H,23,27). The van der Waals surface area contributed by atoms with E-state index in [-0.39, 0.29) is 11.8 Å². The maximum atomic E-state index is 12.3. The second-order valence-electron chi connectivity index (χ2n) is 6.57. The lowest BCUT2D eigenvalue weighted by molar-refractivity contribution is 0.206. The van der Waals surface area contributed by atoms with Gasteiger partial charge in [0.1, 0.15) is 11.6 Å². The van der Waals surface area contributed by atoms with Gasteiger partial charge in [0, 0.05) is 38.1 Å². The largest absolute Gasteiger partial charge is 0.508 e. The minimum Gasteiger partial charge on any atom is -0.508 e. The van der Waals surface area contributed by atoms with Crippen molar-refractivity contribution in [1.82, 2.24) is 19.8 Å². The van der Waals surface area contributed by atoms with E-state index in [1.807, 2.05) is 31.3 Å². The average Bonchev–Trinajstić information content (AvgIpc) is 3.06. The predicted octanol–water partition coefficient (Wildman–Crippen LogP) is 3.29. The van der Waals surface area contributed by atoms with Crippen LogP contribution >= 0.6 is 0 Å². The Morgan fingerprint density at radius 2 is 1.96 bits per heavy atom. The monoisotopic (exact) mass is 364 g/mol. The summed E-state index contributed by atoms with van der Waals surface area (Å²) in [6, 6.07) is 15.0. The van der Waals surface area contributed by atoms with Crippen LogP contribution in [-0.4, -0.2) is 32.6 Å². The fourth-order valence-corrected chi connectivity index (χ4v) is 2.89. The van der Waals surface area contributed by atoms with Gasteiger partial charge in [0.15, 0.2) is 0 Å². The molecule has 0 aliphatic rings. The summed E-state index contributed by atoms with van der Waals surface area (Å²) in [5, 5.41) is 12.8. The Labute approximate surface area is 159 Å². The van der Waals surface area contributed by atoms with E-state index in [0.29, 0.717) is 18.7 Å². The van der Waals surface area contributed by atoms with Crippen LogP contribution in [0, 0.1) is 6.92 Å². The lowest BCUT2D eigenvalue weighted by Crippen LogP contribution is -2.36. The number of amides is 2. The summed E-state index contributed by atoms with van der Waals surface area (Å²) in [5.41, 5.74) is 2.91. The maximum absolute atomic E-state index is 12.3. The van der Waals surface area contributed by atoms with E-state index in [1.54, 1.807) is 36.3 Å². The molecule has 3 rings (SSSR count). The van der Waals surface area contributed by atoms with Crippen molar-refractivity contribution in [1.29, 1.82) is 0 Å². The van der Waals surface area contributed by atoms with Crippen LogP contribution in [-0.2, 0) is 19.6 Å². The van der Waals surface area contributed by atoms with Crippen molar-refractivity contribution in [3.8, 4) is 5.75 Å². The first-order chi connectivity index (χ1) is 13.0. The van der Waals surface area contributed by atoms with Gasteiger partial charge in [0.25, 0.3) is 0 Å². The van der Waals surface area contributed by atoms with Gasteiger partial charge in [0.05, 0.1) is 6.54 Å². The van der Waals surface area contributed by atoms with Gasteiger partial charge in [-0.3, -0.25) is 0 Å². The number of nitrogens with one attached hydrogen (secondary N) is 1. The molecule has 140 valence electrons. The summed E-state index contributed by atoms with van der Waals surface area (Å²) in [4.78, 5) is 18.1. The van der Waals surface area contributed by atoms with Crippen molar-refractivity contribution < 1.29 is 9.90 Å². The molecule has 0 aliphatic carbocycles. The van der Waals surface area contributed by atoms with E-state index in [4.69, 9.17) is 0 Å². The molecular weight excluding hydrogens is 340 g/mol. The SMILES string of the molecule is Cc1nccn1Cc1cccc(CNC(=O)N(C)Cc2ccccc2O)c1. The summed E-state index contributed by atoms with van der Waals surface area (Å²) in [6.45, 7) is 3.52. The van der Waals surface area contributed by atoms with E-state index < -0.39 is 0 Å². The molecule has 1 heterocycles. The minimum atomic E-state index is -0.186. The van der Waals surface area contributed by atoms with Gasteiger partial charge in [-0.25, -0.2) is 9.78 Å². The highest BCUT2D eigenvalue weighted by molar-refractivity contribution is 5.73. The second kappa shape index (κ2) is 8.40. The molecule has 6 nitrogen and oxygen atoms in total. The first-order valence-corrected chi connectivity index (χ1v) is 8.84. The molecular formula is C21H24N4O2. The van der Waals surface area contributed by atoms with Crippen molar-refractivity contribution in [2.45, 2.75) is 26.6 Å². The molecule has 2 N–H and O–H groups in total. The summed E-state index contributed by atoms with van der Waals surface area (Å²) < 4.78 is 2.08. The van der Waals surface area contributed by atoms with E-state index in [0.717, 1.165) is 23.5 Å². The Bertz CT molecular complexity index is 920. The number of phenolic OH excluding ortho intramolecular Hbond substituents is 1. The van der Waals surface area contributed by atoms with Crippen LogP contribution in [0.3, 0.4) is 0 Å². The minimum absolute atomic E-state index is 0.186. The highest BCUT2D eigenvalue weighted by Crippen LogP contribution is 2.17. The first kappa shape index (κ1) is 18.5. The molecule has 0 saturated carbocycles. The number of hydrogen-bond acceptors (Lipinski definition) is 3. The van der Waals surface area contributed by atoms with Gasteiger partial charge in [-0.2, -0.15) is 0 Å². The van der Waals surface area contributed by atoms with Crippen molar-refractivity contribution >= 4 is 6.03 Å². The molecule has 0 fully saturated rings. The summed E-state index contributed by atoms with van der Waals surface area (Å²) in [5.74, 6) is 1.17. The summed E-state index contributed by atoms with van der Waals surface area (Å²) in [7, 11) is 1.71. The van der Waals surface area contributed by atoms with Crippen LogP contribution in [0.15, 0.2) is 60.9 Å². The fraction of sp³-hybridized carbons (Fsp3) is 0.238. The lowest BCUT2D eigenvalue weighted by atomic mass is 10.1. The number of nitrogens with zero attached hydrogens (tertiary/aromatic N) is 3. The van der Waals surface area contributed by atoms with Crippen LogP contribution in [0.1, 0.15) is 22.5 Å². The van der Waals surface area contributed by atoms with Crippen LogP contribution < -0.4 is 5.32 Å². The molecule has 27 heavy (non-hydrogen) atoms. The maximum Gasteiger partial charge on any atom is 0.317 e. The number of aryl methyl sites for hydroxylation is 1. The second-order valence-corrected chi connectivity index (χ2v) is 6.57. The molecule has 0 aliphatic heterocycles. The zero-order chi connectivity index (χ0) is 19.2. The van der Waals surface area contributed by atoms with Crippen LogP contribution in [0.5, 0.6) is 5.75 Å². The number of para-hydroxylation sites is 1. The van der Waals surface area contributed by atoms with Crippen LogP contribution in [0.25, 0.3) is 0 Å².